The van der Waals surface area contributed by atoms with Crippen LogP contribution in [-0.2, 0) is 25.4 Å². The number of aliphatic hydroxyl groups excluding tert-OH is 1. The van der Waals surface area contributed by atoms with E-state index in [0.29, 0.717) is 0 Å². The van der Waals surface area contributed by atoms with Crippen LogP contribution in [0.3, 0.4) is 0 Å². The summed E-state index contributed by atoms with van der Waals surface area (Å²) in [5.74, 6) is -2.67. The summed E-state index contributed by atoms with van der Waals surface area (Å²) in [4.78, 5) is 17.2. The molecule has 1 aliphatic heterocycles. The molecule has 14 heteroatoms. The first-order chi connectivity index (χ1) is 20.9. The number of hydrogen-bond donors (Lipinski definition) is 1. The smallest absolute Gasteiger partial charge is 0.468 e. The lowest BCUT2D eigenvalue weighted by molar-refractivity contribution is -0.282. The average Bonchev–Trinajstić information content (AvgIpc) is 2.98. The first kappa shape index (κ1) is 35.2. The van der Waals surface area contributed by atoms with Crippen LogP contribution in [0, 0.1) is 0 Å². The number of halogens is 5. The summed E-state index contributed by atoms with van der Waals surface area (Å²) in [7, 11) is 1.13. The zero-order valence-electron chi connectivity index (χ0n) is 24.1. The van der Waals surface area contributed by atoms with Crippen molar-refractivity contribution >= 4 is 40.8 Å². The van der Waals surface area contributed by atoms with Gasteiger partial charge >= 0.3 is 12.1 Å². The Morgan fingerprint density at radius 3 is 2.20 bits per heavy atom. The molecule has 1 aliphatic rings. The van der Waals surface area contributed by atoms with Gasteiger partial charge in [0.1, 0.15) is 36.0 Å². The van der Waals surface area contributed by atoms with Crippen molar-refractivity contribution in [2.75, 3.05) is 20.3 Å². The van der Waals surface area contributed by atoms with Crippen LogP contribution in [0.4, 0.5) is 18.9 Å². The molecule has 240 valence electrons. The van der Waals surface area contributed by atoms with Crippen LogP contribution in [0.15, 0.2) is 60.6 Å². The second kappa shape index (κ2) is 15.6. The summed E-state index contributed by atoms with van der Waals surface area (Å²) in [5.41, 5.74) is 0.107. The number of rotatable bonds is 12. The Balaban J connectivity index is 1.94. The molecule has 0 unspecified atom stereocenters. The fraction of sp³-hybridized carbons (Fsp3) is 0.400. The normalized spacial score (nSPS) is 22.2. The highest BCUT2D eigenvalue weighted by Crippen LogP contribution is 2.46. The highest BCUT2D eigenvalue weighted by molar-refractivity contribution is 6.39. The van der Waals surface area contributed by atoms with Gasteiger partial charge in [0, 0.05) is 7.11 Å². The molecule has 1 saturated heterocycles. The molecule has 1 N–H and O–H groups in total. The Morgan fingerprint density at radius 2 is 1.66 bits per heavy atom. The first-order valence-corrected chi connectivity index (χ1v) is 14.1. The lowest BCUT2D eigenvalue weighted by Crippen LogP contribution is -2.60. The molecule has 0 amide bonds. The fourth-order valence-corrected chi connectivity index (χ4v) is 5.08. The summed E-state index contributed by atoms with van der Waals surface area (Å²) in [5, 5.41) is 11.1. The number of hydrogen-bond acceptors (Lipinski definition) is 9. The van der Waals surface area contributed by atoms with Crippen molar-refractivity contribution in [3.05, 3.63) is 76.8 Å². The zero-order valence-corrected chi connectivity index (χ0v) is 25.6. The van der Waals surface area contributed by atoms with Gasteiger partial charge in [-0.1, -0.05) is 73.6 Å². The number of ether oxygens (including phenoxy) is 6. The van der Waals surface area contributed by atoms with Crippen LogP contribution in [-0.4, -0.2) is 74.2 Å². The van der Waals surface area contributed by atoms with Gasteiger partial charge in [-0.3, -0.25) is 0 Å². The highest BCUT2D eigenvalue weighted by Gasteiger charge is 2.50. The monoisotopic (exact) mass is 661 g/mol. The third-order valence-corrected chi connectivity index (χ3v) is 7.11. The standard InChI is InChI=1S/C30H32Cl2F3NO8/c1-6-14-40-24-19(18(8-3)20(31)25(21(24)32)41-15-7-2)27(38)43-23-16(4)42-28(26(39-5)22(23)37)44-29(30(33,34)35)36-17-12-10-9-11-13-17/h6-7,9-13,16,22-23,26,28,37H,1-2,8,14-15H2,3-5H3/t16-,22+,23-,26+,28-/m1/s1. The maximum absolute atomic E-state index is 13.8. The molecule has 0 radical (unpaired) electrons. The second-order valence-electron chi connectivity index (χ2n) is 9.33. The fourth-order valence-electron chi connectivity index (χ4n) is 4.36. The number of alkyl halides is 3. The molecule has 2 aromatic rings. The molecule has 5 atom stereocenters. The minimum absolute atomic E-state index is 0.0237. The van der Waals surface area contributed by atoms with Crippen molar-refractivity contribution in [3.8, 4) is 11.5 Å². The quantitative estimate of drug-likeness (QED) is 0.117. The van der Waals surface area contributed by atoms with Crippen molar-refractivity contribution in [1.29, 1.82) is 0 Å². The van der Waals surface area contributed by atoms with Crippen molar-refractivity contribution in [2.45, 2.75) is 57.2 Å². The predicted molar refractivity (Wildman–Crippen MR) is 158 cm³/mol. The van der Waals surface area contributed by atoms with E-state index in [4.69, 9.17) is 51.6 Å². The Bertz CT molecular complexity index is 1360. The van der Waals surface area contributed by atoms with Gasteiger partial charge in [-0.2, -0.15) is 13.2 Å². The number of benzene rings is 2. The van der Waals surface area contributed by atoms with Gasteiger partial charge < -0.3 is 33.5 Å². The van der Waals surface area contributed by atoms with Crippen molar-refractivity contribution < 1.29 is 51.5 Å². The minimum Gasteiger partial charge on any atom is -0.487 e. The molecule has 0 spiro atoms. The van der Waals surface area contributed by atoms with Gasteiger partial charge in [0.2, 0.25) is 6.29 Å². The van der Waals surface area contributed by atoms with Crippen LogP contribution in [0.5, 0.6) is 11.5 Å². The van der Waals surface area contributed by atoms with Gasteiger partial charge in [-0.15, -0.1) is 0 Å². The van der Waals surface area contributed by atoms with E-state index in [1.165, 1.54) is 43.3 Å². The van der Waals surface area contributed by atoms with Crippen LogP contribution in [0.2, 0.25) is 10.0 Å². The Hall–Kier alpha value is -3.29. The maximum Gasteiger partial charge on any atom is 0.468 e. The van der Waals surface area contributed by atoms with Crippen LogP contribution < -0.4 is 9.47 Å². The highest BCUT2D eigenvalue weighted by atomic mass is 35.5. The van der Waals surface area contributed by atoms with Crippen LogP contribution in [0.1, 0.15) is 29.8 Å². The first-order valence-electron chi connectivity index (χ1n) is 13.4. The third-order valence-electron chi connectivity index (χ3n) is 6.37. The maximum atomic E-state index is 13.8. The van der Waals surface area contributed by atoms with E-state index in [0.717, 1.165) is 7.11 Å². The van der Waals surface area contributed by atoms with Gasteiger partial charge in [-0.05, 0) is 31.0 Å². The van der Waals surface area contributed by atoms with Gasteiger partial charge in [0.25, 0.3) is 5.90 Å². The molecule has 44 heavy (non-hydrogen) atoms. The summed E-state index contributed by atoms with van der Waals surface area (Å²) in [6.07, 6.45) is -9.50. The van der Waals surface area contributed by atoms with Crippen LogP contribution in [0.25, 0.3) is 0 Å². The molecule has 3 rings (SSSR count). The molecule has 0 bridgehead atoms. The van der Waals surface area contributed by atoms with Crippen LogP contribution >= 0.6 is 23.2 Å². The summed E-state index contributed by atoms with van der Waals surface area (Å²) >= 11 is 13.1. The SMILES string of the molecule is C=CCOc1c(Cl)c(CC)c(C(=O)O[C@H]2[C@H](O)[C@H](OC)[C@@H](OC(=Nc3ccccc3)C(F)(F)F)O[C@@H]2C)c(OCC=C)c1Cl. The second-order valence-corrected chi connectivity index (χ2v) is 10.1. The Morgan fingerprint density at radius 1 is 1.05 bits per heavy atom. The number of para-hydroxylation sites is 1. The predicted octanol–water partition coefficient (Wildman–Crippen LogP) is 6.64. The van der Waals surface area contributed by atoms with Crippen molar-refractivity contribution in [1.82, 2.24) is 0 Å². The lowest BCUT2D eigenvalue weighted by atomic mass is 9.98. The molecular weight excluding hydrogens is 630 g/mol. The van der Waals surface area contributed by atoms with E-state index in [2.05, 4.69) is 18.2 Å². The molecular formula is C30H32Cl2F3NO8. The Labute approximate surface area is 262 Å². The molecule has 1 fully saturated rings. The van der Waals surface area contributed by atoms with E-state index in [1.54, 1.807) is 13.0 Å². The van der Waals surface area contributed by atoms with Gasteiger partial charge in [0.05, 0.1) is 16.8 Å². The number of methoxy groups -OCH3 is 1. The number of carbonyl (C=O) groups is 1. The number of aliphatic hydroxyl groups is 1. The third kappa shape index (κ3) is 8.05. The number of carbonyl (C=O) groups excluding carboxylic acids is 1. The van der Waals surface area contributed by atoms with Gasteiger partial charge in [0.15, 0.2) is 17.6 Å². The molecule has 1 heterocycles. The number of esters is 1. The molecule has 2 aromatic carbocycles. The van der Waals surface area contributed by atoms with E-state index in [9.17, 15) is 23.1 Å². The molecule has 9 nitrogen and oxygen atoms in total. The van der Waals surface area contributed by atoms with Crippen molar-refractivity contribution in [3.63, 3.8) is 0 Å². The molecule has 0 aromatic heterocycles. The lowest BCUT2D eigenvalue weighted by Gasteiger charge is -2.42. The van der Waals surface area contributed by atoms with E-state index in [1.807, 2.05) is 0 Å². The Kier molecular flexibility index (Phi) is 12.5. The zero-order chi connectivity index (χ0) is 32.6. The van der Waals surface area contributed by atoms with Gasteiger partial charge in [-0.25, -0.2) is 9.79 Å². The average molecular weight is 662 g/mol. The van der Waals surface area contributed by atoms with E-state index in [-0.39, 0.29) is 58.0 Å². The molecule has 0 saturated carbocycles. The van der Waals surface area contributed by atoms with E-state index >= 15 is 0 Å². The summed E-state index contributed by atoms with van der Waals surface area (Å²) in [6.45, 7) is 10.3. The number of aliphatic imine (C=N–C) groups is 1. The summed E-state index contributed by atoms with van der Waals surface area (Å²) < 4.78 is 74.5. The van der Waals surface area contributed by atoms with Crippen molar-refractivity contribution in [2.24, 2.45) is 4.99 Å². The largest absolute Gasteiger partial charge is 0.487 e. The number of nitrogens with zero attached hydrogens (tertiary/aromatic N) is 1. The van der Waals surface area contributed by atoms with E-state index < -0.39 is 48.7 Å². The topological polar surface area (TPSA) is 105 Å². The molecule has 0 aliphatic carbocycles. The summed E-state index contributed by atoms with van der Waals surface area (Å²) in [6, 6.07) is 7.33. The minimum atomic E-state index is -5.01.